The van der Waals surface area contributed by atoms with E-state index in [0.717, 1.165) is 15.7 Å². The Labute approximate surface area is 118 Å². The van der Waals surface area contributed by atoms with Crippen LogP contribution in [0.4, 0.5) is 10.1 Å². The molecular weight excluding hydrogens is 311 g/mol. The second kappa shape index (κ2) is 5.84. The van der Waals surface area contributed by atoms with Gasteiger partial charge in [-0.2, -0.15) is 0 Å². The molecule has 0 aromatic heterocycles. The van der Waals surface area contributed by atoms with Gasteiger partial charge in [0.25, 0.3) is 0 Å². The number of carbonyl (C=O) groups is 1. The number of carbonyl (C=O) groups excluding carboxylic acids is 1. The molecule has 0 radical (unpaired) electrons. The molecule has 19 heavy (non-hydrogen) atoms. The number of anilines is 1. The molecule has 2 rings (SSSR count). The van der Waals surface area contributed by atoms with Gasteiger partial charge in [0.1, 0.15) is 5.82 Å². The van der Waals surface area contributed by atoms with Gasteiger partial charge in [0.05, 0.1) is 0 Å². The fourth-order valence-electron chi connectivity index (χ4n) is 1.66. The van der Waals surface area contributed by atoms with Crippen LogP contribution < -0.4 is 11.1 Å². The number of benzene rings is 2. The van der Waals surface area contributed by atoms with Crippen molar-refractivity contribution in [1.29, 1.82) is 0 Å². The van der Waals surface area contributed by atoms with Gasteiger partial charge in [0.2, 0.25) is 5.91 Å². The Morgan fingerprint density at radius 2 is 2.05 bits per heavy atom. The van der Waals surface area contributed by atoms with E-state index in [1.165, 1.54) is 12.1 Å². The zero-order valence-corrected chi connectivity index (χ0v) is 11.6. The monoisotopic (exact) mass is 322 g/mol. The average Bonchev–Trinajstić information content (AvgIpc) is 2.40. The molecule has 0 saturated carbocycles. The fourth-order valence-corrected chi connectivity index (χ4v) is 2.05. The number of hydrogen-bond acceptors (Lipinski definition) is 2. The van der Waals surface area contributed by atoms with Crippen LogP contribution in [0, 0.1) is 5.82 Å². The number of nitrogens with one attached hydrogen (secondary N) is 1. The standard InChI is InChI=1S/C14H12BrFN2O/c15-13-5-4-11(16)6-10(13)8-18-12-3-1-2-9(7-12)14(17)19/h1-7,18H,8H2,(H2,17,19). The van der Waals surface area contributed by atoms with E-state index in [-0.39, 0.29) is 5.82 Å². The van der Waals surface area contributed by atoms with E-state index in [2.05, 4.69) is 21.2 Å². The third kappa shape index (κ3) is 3.54. The van der Waals surface area contributed by atoms with E-state index >= 15 is 0 Å². The molecule has 2 aromatic carbocycles. The minimum Gasteiger partial charge on any atom is -0.381 e. The Kier molecular flexibility index (Phi) is 4.16. The molecule has 2 aromatic rings. The van der Waals surface area contributed by atoms with Crippen LogP contribution >= 0.6 is 15.9 Å². The summed E-state index contributed by atoms with van der Waals surface area (Å²) in [6.45, 7) is 0.445. The van der Waals surface area contributed by atoms with Crippen LogP contribution in [-0.2, 0) is 6.54 Å². The molecule has 0 aliphatic carbocycles. The molecule has 0 bridgehead atoms. The summed E-state index contributed by atoms with van der Waals surface area (Å²) in [5.41, 5.74) is 7.20. The van der Waals surface area contributed by atoms with Crippen molar-refractivity contribution in [3.8, 4) is 0 Å². The van der Waals surface area contributed by atoms with Gasteiger partial charge in [-0.3, -0.25) is 4.79 Å². The van der Waals surface area contributed by atoms with E-state index in [0.29, 0.717) is 12.1 Å². The fraction of sp³-hybridized carbons (Fsp3) is 0.0714. The SMILES string of the molecule is NC(=O)c1cccc(NCc2cc(F)ccc2Br)c1. The molecule has 0 aliphatic rings. The highest BCUT2D eigenvalue weighted by Crippen LogP contribution is 2.19. The number of amides is 1. The van der Waals surface area contributed by atoms with Gasteiger partial charge in [0, 0.05) is 22.3 Å². The van der Waals surface area contributed by atoms with E-state index < -0.39 is 5.91 Å². The molecule has 0 spiro atoms. The highest BCUT2D eigenvalue weighted by atomic mass is 79.9. The van der Waals surface area contributed by atoms with E-state index in [1.807, 2.05) is 6.07 Å². The van der Waals surface area contributed by atoms with Gasteiger partial charge in [-0.05, 0) is 42.0 Å². The van der Waals surface area contributed by atoms with Crippen molar-refractivity contribution in [3.05, 3.63) is 63.9 Å². The summed E-state index contributed by atoms with van der Waals surface area (Å²) in [5.74, 6) is -0.763. The highest BCUT2D eigenvalue weighted by Gasteiger charge is 2.04. The minimum atomic E-state index is -0.476. The first-order valence-electron chi connectivity index (χ1n) is 5.64. The van der Waals surface area contributed by atoms with E-state index in [9.17, 15) is 9.18 Å². The van der Waals surface area contributed by atoms with Gasteiger partial charge in [0.15, 0.2) is 0 Å². The zero-order chi connectivity index (χ0) is 13.8. The van der Waals surface area contributed by atoms with E-state index in [1.54, 1.807) is 24.3 Å². The van der Waals surface area contributed by atoms with Crippen molar-refractivity contribution in [2.24, 2.45) is 5.73 Å². The lowest BCUT2D eigenvalue weighted by Gasteiger charge is -2.09. The second-order valence-electron chi connectivity index (χ2n) is 4.03. The van der Waals surface area contributed by atoms with Crippen molar-refractivity contribution in [2.45, 2.75) is 6.54 Å². The predicted molar refractivity (Wildman–Crippen MR) is 76.4 cm³/mol. The first kappa shape index (κ1) is 13.5. The van der Waals surface area contributed by atoms with Crippen LogP contribution in [0.5, 0.6) is 0 Å². The lowest BCUT2D eigenvalue weighted by Crippen LogP contribution is -2.11. The van der Waals surface area contributed by atoms with Crippen molar-refractivity contribution < 1.29 is 9.18 Å². The lowest BCUT2D eigenvalue weighted by atomic mass is 10.1. The Balaban J connectivity index is 2.12. The molecule has 0 saturated heterocycles. The molecule has 3 nitrogen and oxygen atoms in total. The molecule has 0 unspecified atom stereocenters. The largest absolute Gasteiger partial charge is 0.381 e. The van der Waals surface area contributed by atoms with Gasteiger partial charge >= 0.3 is 0 Å². The number of halogens is 2. The maximum absolute atomic E-state index is 13.1. The summed E-state index contributed by atoms with van der Waals surface area (Å²) in [6.07, 6.45) is 0. The van der Waals surface area contributed by atoms with Crippen LogP contribution in [0.3, 0.4) is 0 Å². The van der Waals surface area contributed by atoms with Gasteiger partial charge < -0.3 is 11.1 Å². The normalized spacial score (nSPS) is 10.2. The van der Waals surface area contributed by atoms with Crippen molar-refractivity contribution in [2.75, 3.05) is 5.32 Å². The third-order valence-corrected chi connectivity index (χ3v) is 3.41. The van der Waals surface area contributed by atoms with Gasteiger partial charge in [-0.1, -0.05) is 22.0 Å². The Morgan fingerprint density at radius 1 is 1.26 bits per heavy atom. The molecule has 0 atom stereocenters. The zero-order valence-electron chi connectivity index (χ0n) is 9.99. The van der Waals surface area contributed by atoms with Gasteiger partial charge in [-0.15, -0.1) is 0 Å². The minimum absolute atomic E-state index is 0.286. The third-order valence-electron chi connectivity index (χ3n) is 2.64. The summed E-state index contributed by atoms with van der Waals surface area (Å²) in [7, 11) is 0. The molecule has 0 fully saturated rings. The Hall–Kier alpha value is -1.88. The molecule has 5 heteroatoms. The first-order chi connectivity index (χ1) is 9.06. The van der Waals surface area contributed by atoms with Crippen molar-refractivity contribution >= 4 is 27.5 Å². The Morgan fingerprint density at radius 3 is 2.79 bits per heavy atom. The van der Waals surface area contributed by atoms with Crippen LogP contribution in [-0.4, -0.2) is 5.91 Å². The quantitative estimate of drug-likeness (QED) is 0.907. The maximum Gasteiger partial charge on any atom is 0.248 e. The molecule has 0 aliphatic heterocycles. The second-order valence-corrected chi connectivity index (χ2v) is 4.89. The van der Waals surface area contributed by atoms with Crippen LogP contribution in [0.2, 0.25) is 0 Å². The maximum atomic E-state index is 13.1. The first-order valence-corrected chi connectivity index (χ1v) is 6.43. The Bertz CT molecular complexity index is 616. The molecular formula is C14H12BrFN2O. The molecule has 98 valence electrons. The number of rotatable bonds is 4. The number of nitrogens with two attached hydrogens (primary N) is 1. The summed E-state index contributed by atoms with van der Waals surface area (Å²) < 4.78 is 14.0. The van der Waals surface area contributed by atoms with Crippen molar-refractivity contribution in [1.82, 2.24) is 0 Å². The summed E-state index contributed by atoms with van der Waals surface area (Å²) in [6, 6.07) is 11.4. The predicted octanol–water partition coefficient (Wildman–Crippen LogP) is 3.30. The van der Waals surface area contributed by atoms with Crippen LogP contribution in [0.25, 0.3) is 0 Å². The topological polar surface area (TPSA) is 55.1 Å². The summed E-state index contributed by atoms with van der Waals surface area (Å²) >= 11 is 3.36. The molecule has 0 heterocycles. The number of primary amides is 1. The molecule has 3 N–H and O–H groups in total. The highest BCUT2D eigenvalue weighted by molar-refractivity contribution is 9.10. The lowest BCUT2D eigenvalue weighted by molar-refractivity contribution is 0.100. The smallest absolute Gasteiger partial charge is 0.248 e. The molecule has 1 amide bonds. The van der Waals surface area contributed by atoms with Crippen LogP contribution in [0.15, 0.2) is 46.9 Å². The summed E-state index contributed by atoms with van der Waals surface area (Å²) in [5, 5.41) is 3.12. The van der Waals surface area contributed by atoms with E-state index in [4.69, 9.17) is 5.73 Å². The average molecular weight is 323 g/mol. The van der Waals surface area contributed by atoms with Gasteiger partial charge in [-0.25, -0.2) is 4.39 Å². The summed E-state index contributed by atoms with van der Waals surface area (Å²) in [4.78, 5) is 11.1. The van der Waals surface area contributed by atoms with Crippen molar-refractivity contribution in [3.63, 3.8) is 0 Å². The van der Waals surface area contributed by atoms with Crippen LogP contribution in [0.1, 0.15) is 15.9 Å². The number of hydrogen-bond donors (Lipinski definition) is 2.